The van der Waals surface area contributed by atoms with E-state index in [-0.39, 0.29) is 23.7 Å². The predicted octanol–water partition coefficient (Wildman–Crippen LogP) is 0.957. The van der Waals surface area contributed by atoms with Gasteiger partial charge >= 0.3 is 5.97 Å². The molecule has 1 N–H and O–H groups in total. The SMILES string of the molecule is CC(C)C(=O)N1CCC(C(=O)N2CCCC2C(=O)O)CC1. The van der Waals surface area contributed by atoms with E-state index < -0.39 is 12.0 Å². The number of carbonyl (C=O) groups is 3. The van der Waals surface area contributed by atoms with Gasteiger partial charge in [0.1, 0.15) is 6.04 Å². The molecule has 1 unspecified atom stereocenters. The topological polar surface area (TPSA) is 77.9 Å². The number of carbonyl (C=O) groups excluding carboxylic acids is 2. The van der Waals surface area contributed by atoms with Crippen molar-refractivity contribution in [3.05, 3.63) is 0 Å². The number of carboxylic acid groups (broad SMARTS) is 1. The van der Waals surface area contributed by atoms with E-state index >= 15 is 0 Å². The number of hydrogen-bond acceptors (Lipinski definition) is 3. The fraction of sp³-hybridized carbons (Fsp3) is 0.800. The molecule has 21 heavy (non-hydrogen) atoms. The number of rotatable bonds is 3. The first-order valence-corrected chi connectivity index (χ1v) is 7.74. The Balaban J connectivity index is 1.91. The Morgan fingerprint density at radius 2 is 1.67 bits per heavy atom. The largest absolute Gasteiger partial charge is 0.480 e. The highest BCUT2D eigenvalue weighted by Crippen LogP contribution is 2.26. The Hall–Kier alpha value is -1.59. The van der Waals surface area contributed by atoms with Crippen LogP contribution < -0.4 is 0 Å². The number of carboxylic acids is 1. The van der Waals surface area contributed by atoms with E-state index in [0.29, 0.717) is 38.9 Å². The zero-order chi connectivity index (χ0) is 15.6. The zero-order valence-electron chi connectivity index (χ0n) is 12.7. The lowest BCUT2D eigenvalue weighted by atomic mass is 9.94. The monoisotopic (exact) mass is 296 g/mol. The molecular formula is C15H24N2O4. The van der Waals surface area contributed by atoms with E-state index in [9.17, 15) is 14.4 Å². The van der Waals surface area contributed by atoms with Gasteiger partial charge in [-0.05, 0) is 25.7 Å². The maximum Gasteiger partial charge on any atom is 0.326 e. The van der Waals surface area contributed by atoms with Crippen molar-refractivity contribution in [2.24, 2.45) is 11.8 Å². The van der Waals surface area contributed by atoms with Gasteiger partial charge in [-0.1, -0.05) is 13.8 Å². The van der Waals surface area contributed by atoms with Gasteiger partial charge in [0, 0.05) is 31.5 Å². The highest BCUT2D eigenvalue weighted by atomic mass is 16.4. The van der Waals surface area contributed by atoms with Crippen molar-refractivity contribution >= 4 is 17.8 Å². The average Bonchev–Trinajstić information content (AvgIpc) is 2.95. The summed E-state index contributed by atoms with van der Waals surface area (Å²) in [6.07, 6.45) is 2.58. The third-order valence-corrected chi connectivity index (χ3v) is 4.47. The Labute approximate surface area is 125 Å². The lowest BCUT2D eigenvalue weighted by Crippen LogP contribution is -2.48. The summed E-state index contributed by atoms with van der Waals surface area (Å²) in [4.78, 5) is 38.9. The highest BCUT2D eigenvalue weighted by molar-refractivity contribution is 5.86. The van der Waals surface area contributed by atoms with Gasteiger partial charge in [-0.2, -0.15) is 0 Å². The lowest BCUT2D eigenvalue weighted by Gasteiger charge is -2.34. The van der Waals surface area contributed by atoms with E-state index in [0.717, 1.165) is 6.42 Å². The molecule has 2 rings (SSSR count). The molecule has 2 aliphatic rings. The molecule has 2 saturated heterocycles. The summed E-state index contributed by atoms with van der Waals surface area (Å²) in [5.74, 6) is -0.983. The highest BCUT2D eigenvalue weighted by Gasteiger charge is 2.38. The van der Waals surface area contributed by atoms with Gasteiger partial charge in [-0.25, -0.2) is 4.79 Å². The molecule has 0 aliphatic carbocycles. The Morgan fingerprint density at radius 1 is 1.05 bits per heavy atom. The number of nitrogens with zero attached hydrogens (tertiary/aromatic N) is 2. The second-order valence-corrected chi connectivity index (χ2v) is 6.28. The molecule has 2 heterocycles. The van der Waals surface area contributed by atoms with Gasteiger partial charge in [-0.3, -0.25) is 9.59 Å². The molecule has 6 heteroatoms. The second-order valence-electron chi connectivity index (χ2n) is 6.28. The van der Waals surface area contributed by atoms with Gasteiger partial charge in [0.05, 0.1) is 0 Å². The van der Waals surface area contributed by atoms with E-state index in [2.05, 4.69) is 0 Å². The number of piperidine rings is 1. The normalized spacial score (nSPS) is 23.7. The van der Waals surface area contributed by atoms with Crippen LogP contribution in [0.1, 0.15) is 39.5 Å². The van der Waals surface area contributed by atoms with Crippen LogP contribution >= 0.6 is 0 Å². The smallest absolute Gasteiger partial charge is 0.326 e. The molecule has 2 fully saturated rings. The van der Waals surface area contributed by atoms with Crippen molar-refractivity contribution in [3.8, 4) is 0 Å². The van der Waals surface area contributed by atoms with Crippen LogP contribution in [0.15, 0.2) is 0 Å². The number of likely N-dealkylation sites (tertiary alicyclic amines) is 2. The molecule has 6 nitrogen and oxygen atoms in total. The standard InChI is InChI=1S/C15H24N2O4/c1-10(2)13(18)16-8-5-11(6-9-16)14(19)17-7-3-4-12(17)15(20)21/h10-12H,3-9H2,1-2H3,(H,20,21). The maximum atomic E-state index is 12.5. The fourth-order valence-electron chi connectivity index (χ4n) is 3.23. The summed E-state index contributed by atoms with van der Waals surface area (Å²) in [5, 5.41) is 9.16. The minimum atomic E-state index is -0.909. The van der Waals surface area contributed by atoms with Gasteiger partial charge in [-0.15, -0.1) is 0 Å². The van der Waals surface area contributed by atoms with Crippen LogP contribution in [0.4, 0.5) is 0 Å². The minimum Gasteiger partial charge on any atom is -0.480 e. The lowest BCUT2D eigenvalue weighted by molar-refractivity contribution is -0.151. The molecule has 0 aromatic carbocycles. The van der Waals surface area contributed by atoms with Gasteiger partial charge in [0.15, 0.2) is 0 Å². The summed E-state index contributed by atoms with van der Waals surface area (Å²) >= 11 is 0. The molecular weight excluding hydrogens is 272 g/mol. The fourth-order valence-corrected chi connectivity index (χ4v) is 3.23. The van der Waals surface area contributed by atoms with E-state index in [1.807, 2.05) is 18.7 Å². The van der Waals surface area contributed by atoms with Gasteiger partial charge in [0.2, 0.25) is 11.8 Å². The zero-order valence-corrected chi connectivity index (χ0v) is 12.7. The van der Waals surface area contributed by atoms with E-state index in [4.69, 9.17) is 5.11 Å². The maximum absolute atomic E-state index is 12.5. The first kappa shape index (κ1) is 15.8. The Morgan fingerprint density at radius 3 is 2.19 bits per heavy atom. The Kier molecular flexibility index (Phi) is 4.85. The van der Waals surface area contributed by atoms with Crippen molar-refractivity contribution in [1.82, 2.24) is 9.80 Å². The molecule has 0 bridgehead atoms. The quantitative estimate of drug-likeness (QED) is 0.841. The predicted molar refractivity (Wildman–Crippen MR) is 76.5 cm³/mol. The third kappa shape index (κ3) is 3.36. The molecule has 0 saturated carbocycles. The van der Waals surface area contributed by atoms with Crippen LogP contribution in [0.2, 0.25) is 0 Å². The van der Waals surface area contributed by atoms with Crippen molar-refractivity contribution < 1.29 is 19.5 Å². The van der Waals surface area contributed by atoms with Crippen molar-refractivity contribution in [2.45, 2.75) is 45.6 Å². The molecule has 0 radical (unpaired) electrons. The molecule has 2 amide bonds. The molecule has 1 atom stereocenters. The van der Waals surface area contributed by atoms with Crippen molar-refractivity contribution in [1.29, 1.82) is 0 Å². The van der Waals surface area contributed by atoms with Crippen LogP contribution in [0.25, 0.3) is 0 Å². The first-order valence-electron chi connectivity index (χ1n) is 7.74. The molecule has 0 spiro atoms. The summed E-state index contributed by atoms with van der Waals surface area (Å²) in [6, 6.07) is -0.659. The molecule has 0 aromatic rings. The van der Waals surface area contributed by atoms with Crippen LogP contribution in [0.3, 0.4) is 0 Å². The molecule has 118 valence electrons. The second kappa shape index (κ2) is 6.45. The van der Waals surface area contributed by atoms with Crippen molar-refractivity contribution in [3.63, 3.8) is 0 Å². The number of amides is 2. The van der Waals surface area contributed by atoms with Gasteiger partial charge < -0.3 is 14.9 Å². The summed E-state index contributed by atoms with van der Waals surface area (Å²) in [7, 11) is 0. The third-order valence-electron chi connectivity index (χ3n) is 4.47. The first-order chi connectivity index (χ1) is 9.91. The summed E-state index contributed by atoms with van der Waals surface area (Å²) in [5.41, 5.74) is 0. The molecule has 2 aliphatic heterocycles. The van der Waals surface area contributed by atoms with Crippen LogP contribution in [0, 0.1) is 11.8 Å². The van der Waals surface area contributed by atoms with E-state index in [1.54, 1.807) is 0 Å². The number of hydrogen-bond donors (Lipinski definition) is 1. The van der Waals surface area contributed by atoms with Crippen molar-refractivity contribution in [2.75, 3.05) is 19.6 Å². The van der Waals surface area contributed by atoms with Gasteiger partial charge in [0.25, 0.3) is 0 Å². The Bertz CT molecular complexity index is 427. The average molecular weight is 296 g/mol. The van der Waals surface area contributed by atoms with Crippen LogP contribution in [0.5, 0.6) is 0 Å². The van der Waals surface area contributed by atoms with E-state index in [1.165, 1.54) is 4.90 Å². The molecule has 0 aromatic heterocycles. The number of aliphatic carboxylic acids is 1. The summed E-state index contributed by atoms with van der Waals surface area (Å²) < 4.78 is 0. The van der Waals surface area contributed by atoms with Crippen LogP contribution in [-0.4, -0.2) is 58.4 Å². The minimum absolute atomic E-state index is 0.0211. The summed E-state index contributed by atoms with van der Waals surface area (Å²) in [6.45, 7) is 5.49. The van der Waals surface area contributed by atoms with Crippen LogP contribution in [-0.2, 0) is 14.4 Å².